The van der Waals surface area contributed by atoms with Gasteiger partial charge in [-0.3, -0.25) is 0 Å². The molecule has 0 aliphatic carbocycles. The van der Waals surface area contributed by atoms with E-state index in [2.05, 4.69) is 24.4 Å². The maximum absolute atomic E-state index is 9.95. The van der Waals surface area contributed by atoms with Crippen molar-refractivity contribution in [2.75, 3.05) is 13.2 Å². The normalized spacial score (nSPS) is 13.7. The number of hydrogen-bond donors (Lipinski definition) is 2. The summed E-state index contributed by atoms with van der Waals surface area (Å²) in [7, 11) is 0. The van der Waals surface area contributed by atoms with Crippen LogP contribution in [-0.2, 0) is 0 Å². The molecule has 0 aromatic heterocycles. The lowest BCUT2D eigenvalue weighted by atomic mass is 10.1. The Bertz CT molecular complexity index is 530. The topological polar surface area (TPSA) is 41.5 Å². The van der Waals surface area contributed by atoms with Crippen LogP contribution in [0.25, 0.3) is 0 Å². The van der Waals surface area contributed by atoms with Crippen molar-refractivity contribution in [1.82, 2.24) is 5.32 Å². The second-order valence-corrected chi connectivity index (χ2v) is 5.40. The summed E-state index contributed by atoms with van der Waals surface area (Å²) < 4.78 is 5.51. The van der Waals surface area contributed by atoms with E-state index in [-0.39, 0.29) is 12.6 Å². The van der Waals surface area contributed by atoms with Crippen LogP contribution in [0.4, 0.5) is 0 Å². The SMILES string of the molecule is CC(NCC(O)COc1ccc(Cl)cc1)c1ccccc1. The van der Waals surface area contributed by atoms with E-state index >= 15 is 0 Å². The van der Waals surface area contributed by atoms with Gasteiger partial charge in [0.1, 0.15) is 18.5 Å². The largest absolute Gasteiger partial charge is 0.491 e. The summed E-state index contributed by atoms with van der Waals surface area (Å²) in [5, 5.41) is 13.9. The Labute approximate surface area is 130 Å². The highest BCUT2D eigenvalue weighted by Gasteiger charge is 2.09. The van der Waals surface area contributed by atoms with Gasteiger partial charge in [-0.25, -0.2) is 0 Å². The Morgan fingerprint density at radius 3 is 2.43 bits per heavy atom. The quantitative estimate of drug-likeness (QED) is 0.823. The molecule has 2 rings (SSSR count). The Kier molecular flexibility index (Phi) is 6.05. The average molecular weight is 306 g/mol. The Morgan fingerprint density at radius 1 is 1.10 bits per heavy atom. The van der Waals surface area contributed by atoms with Crippen molar-refractivity contribution in [3.8, 4) is 5.75 Å². The zero-order chi connectivity index (χ0) is 15.1. The van der Waals surface area contributed by atoms with Gasteiger partial charge in [-0.1, -0.05) is 41.9 Å². The molecule has 0 radical (unpaired) electrons. The van der Waals surface area contributed by atoms with Crippen LogP contribution in [0, 0.1) is 0 Å². The Morgan fingerprint density at radius 2 is 1.76 bits per heavy atom. The Balaban J connectivity index is 1.72. The van der Waals surface area contributed by atoms with Crippen LogP contribution in [0.2, 0.25) is 5.02 Å². The maximum Gasteiger partial charge on any atom is 0.119 e. The molecule has 2 unspecified atom stereocenters. The lowest BCUT2D eigenvalue weighted by Crippen LogP contribution is -2.33. The first-order valence-corrected chi connectivity index (χ1v) is 7.37. The van der Waals surface area contributed by atoms with E-state index in [0.29, 0.717) is 17.3 Å². The third-order valence-electron chi connectivity index (χ3n) is 3.22. The molecule has 21 heavy (non-hydrogen) atoms. The van der Waals surface area contributed by atoms with E-state index in [0.717, 1.165) is 0 Å². The minimum Gasteiger partial charge on any atom is -0.491 e. The highest BCUT2D eigenvalue weighted by molar-refractivity contribution is 6.30. The fourth-order valence-corrected chi connectivity index (χ4v) is 2.08. The van der Waals surface area contributed by atoms with Gasteiger partial charge >= 0.3 is 0 Å². The van der Waals surface area contributed by atoms with E-state index in [9.17, 15) is 5.11 Å². The first kappa shape index (κ1) is 15.8. The van der Waals surface area contributed by atoms with Crippen molar-refractivity contribution in [2.45, 2.75) is 19.1 Å². The molecule has 112 valence electrons. The predicted octanol–water partition coefficient (Wildman–Crippen LogP) is 3.43. The molecule has 2 aromatic rings. The molecular formula is C17H20ClNO2. The first-order valence-electron chi connectivity index (χ1n) is 7.00. The number of ether oxygens (including phenoxy) is 1. The van der Waals surface area contributed by atoms with E-state index < -0.39 is 6.10 Å². The summed E-state index contributed by atoms with van der Waals surface area (Å²) in [5.74, 6) is 0.703. The molecule has 0 bridgehead atoms. The molecule has 2 atom stereocenters. The van der Waals surface area contributed by atoms with Gasteiger partial charge in [0.2, 0.25) is 0 Å². The number of rotatable bonds is 7. The van der Waals surface area contributed by atoms with Gasteiger partial charge < -0.3 is 15.2 Å². The smallest absolute Gasteiger partial charge is 0.119 e. The second kappa shape index (κ2) is 8.03. The summed E-state index contributed by atoms with van der Waals surface area (Å²) in [4.78, 5) is 0. The average Bonchev–Trinajstić information content (AvgIpc) is 2.53. The van der Waals surface area contributed by atoms with Crippen molar-refractivity contribution < 1.29 is 9.84 Å². The van der Waals surface area contributed by atoms with Crippen LogP contribution in [0.5, 0.6) is 5.75 Å². The number of hydrogen-bond acceptors (Lipinski definition) is 3. The zero-order valence-corrected chi connectivity index (χ0v) is 12.8. The van der Waals surface area contributed by atoms with Crippen LogP contribution in [0.15, 0.2) is 54.6 Å². The van der Waals surface area contributed by atoms with E-state index in [1.54, 1.807) is 24.3 Å². The summed E-state index contributed by atoms with van der Waals surface area (Å²) in [6.45, 7) is 2.79. The van der Waals surface area contributed by atoms with Crippen LogP contribution in [0.3, 0.4) is 0 Å². The highest BCUT2D eigenvalue weighted by atomic mass is 35.5. The molecule has 0 saturated carbocycles. The minimum absolute atomic E-state index is 0.191. The van der Waals surface area contributed by atoms with Gasteiger partial charge in [0, 0.05) is 17.6 Å². The molecule has 0 heterocycles. The summed E-state index contributed by atoms with van der Waals surface area (Å²) in [6, 6.07) is 17.4. The van der Waals surface area contributed by atoms with E-state index in [1.165, 1.54) is 5.56 Å². The first-order chi connectivity index (χ1) is 10.1. The van der Waals surface area contributed by atoms with Crippen molar-refractivity contribution in [1.29, 1.82) is 0 Å². The van der Waals surface area contributed by atoms with E-state index in [4.69, 9.17) is 16.3 Å². The molecule has 0 saturated heterocycles. The van der Waals surface area contributed by atoms with Crippen LogP contribution in [0.1, 0.15) is 18.5 Å². The van der Waals surface area contributed by atoms with Crippen molar-refractivity contribution >= 4 is 11.6 Å². The van der Waals surface area contributed by atoms with Crippen LogP contribution < -0.4 is 10.1 Å². The standard InChI is InChI=1S/C17H20ClNO2/c1-13(14-5-3-2-4-6-14)19-11-16(20)12-21-17-9-7-15(18)8-10-17/h2-10,13,16,19-20H,11-12H2,1H3. The fraction of sp³-hybridized carbons (Fsp3) is 0.294. The van der Waals surface area contributed by atoms with Crippen molar-refractivity contribution in [3.63, 3.8) is 0 Å². The number of aliphatic hydroxyl groups excluding tert-OH is 1. The van der Waals surface area contributed by atoms with Gasteiger partial charge in [-0.05, 0) is 36.8 Å². The molecular weight excluding hydrogens is 286 g/mol. The van der Waals surface area contributed by atoms with Gasteiger partial charge in [0.25, 0.3) is 0 Å². The fourth-order valence-electron chi connectivity index (χ4n) is 1.95. The van der Waals surface area contributed by atoms with Gasteiger partial charge in [-0.15, -0.1) is 0 Å². The molecule has 2 N–H and O–H groups in total. The van der Waals surface area contributed by atoms with Gasteiger partial charge in [0.05, 0.1) is 0 Å². The summed E-state index contributed by atoms with van der Waals surface area (Å²) in [5.41, 5.74) is 1.20. The third kappa shape index (κ3) is 5.38. The van der Waals surface area contributed by atoms with E-state index in [1.807, 2.05) is 18.2 Å². The predicted molar refractivity (Wildman–Crippen MR) is 85.8 cm³/mol. The van der Waals surface area contributed by atoms with Crippen LogP contribution in [-0.4, -0.2) is 24.4 Å². The van der Waals surface area contributed by atoms with Crippen molar-refractivity contribution in [2.24, 2.45) is 0 Å². The monoisotopic (exact) mass is 305 g/mol. The zero-order valence-electron chi connectivity index (χ0n) is 12.0. The maximum atomic E-state index is 9.95. The van der Waals surface area contributed by atoms with Crippen molar-refractivity contribution in [3.05, 3.63) is 65.2 Å². The number of aliphatic hydroxyl groups is 1. The third-order valence-corrected chi connectivity index (χ3v) is 3.47. The molecule has 4 heteroatoms. The van der Waals surface area contributed by atoms with Gasteiger partial charge in [0.15, 0.2) is 0 Å². The molecule has 0 aliphatic rings. The molecule has 0 aliphatic heterocycles. The number of nitrogens with one attached hydrogen (secondary N) is 1. The Hall–Kier alpha value is -1.55. The molecule has 2 aromatic carbocycles. The van der Waals surface area contributed by atoms with Gasteiger partial charge in [-0.2, -0.15) is 0 Å². The molecule has 3 nitrogen and oxygen atoms in total. The lowest BCUT2D eigenvalue weighted by molar-refractivity contribution is 0.104. The highest BCUT2D eigenvalue weighted by Crippen LogP contribution is 2.15. The van der Waals surface area contributed by atoms with Crippen LogP contribution >= 0.6 is 11.6 Å². The second-order valence-electron chi connectivity index (χ2n) is 4.96. The molecule has 0 fully saturated rings. The number of halogens is 1. The summed E-state index contributed by atoms with van der Waals surface area (Å²) in [6.07, 6.45) is -0.563. The number of benzene rings is 2. The molecule has 0 spiro atoms. The summed E-state index contributed by atoms with van der Waals surface area (Å²) >= 11 is 5.80. The molecule has 0 amide bonds. The lowest BCUT2D eigenvalue weighted by Gasteiger charge is -2.18. The minimum atomic E-state index is -0.563.